The maximum Gasteiger partial charge on any atom is 0.321 e. The van der Waals surface area contributed by atoms with E-state index in [1.165, 1.54) is 0 Å². The van der Waals surface area contributed by atoms with E-state index < -0.39 is 5.97 Å². The van der Waals surface area contributed by atoms with Gasteiger partial charge in [-0.1, -0.05) is 38.4 Å². The molecule has 6 nitrogen and oxygen atoms in total. The Bertz CT molecular complexity index is 673. The molecular formula is C20H30ClN3O3. The number of aryl methyl sites for hydroxylation is 1. The highest BCUT2D eigenvalue weighted by Crippen LogP contribution is 2.30. The summed E-state index contributed by atoms with van der Waals surface area (Å²) in [7, 11) is 0. The van der Waals surface area contributed by atoms with Crippen LogP contribution in [0.4, 0.5) is 10.5 Å². The summed E-state index contributed by atoms with van der Waals surface area (Å²) in [5, 5.41) is 12.8. The van der Waals surface area contributed by atoms with Gasteiger partial charge in [0, 0.05) is 24.2 Å². The van der Waals surface area contributed by atoms with E-state index in [1.807, 2.05) is 35.8 Å². The molecule has 0 bridgehead atoms. The van der Waals surface area contributed by atoms with Crippen molar-refractivity contribution < 1.29 is 14.7 Å². The Morgan fingerprint density at radius 3 is 2.41 bits per heavy atom. The molecule has 150 valence electrons. The average molecular weight is 396 g/mol. The van der Waals surface area contributed by atoms with Crippen LogP contribution in [0.2, 0.25) is 5.02 Å². The highest BCUT2D eigenvalue weighted by Gasteiger charge is 2.27. The number of amides is 2. The summed E-state index contributed by atoms with van der Waals surface area (Å²) in [6, 6.07) is 3.95. The molecule has 1 aliphatic rings. The molecule has 2 amide bonds. The molecule has 2 N–H and O–H groups in total. The molecule has 7 heteroatoms. The first-order chi connectivity index (χ1) is 12.9. The third kappa shape index (κ3) is 5.36. The predicted molar refractivity (Wildman–Crippen MR) is 109 cm³/mol. The van der Waals surface area contributed by atoms with Crippen molar-refractivity contribution in [2.45, 2.75) is 52.5 Å². The van der Waals surface area contributed by atoms with Crippen LogP contribution in [0.25, 0.3) is 0 Å². The summed E-state index contributed by atoms with van der Waals surface area (Å²) in [6.45, 7) is 8.06. The third-order valence-electron chi connectivity index (χ3n) is 5.32. The lowest BCUT2D eigenvalue weighted by Crippen LogP contribution is -2.49. The first kappa shape index (κ1) is 21.5. The maximum atomic E-state index is 12.8. The van der Waals surface area contributed by atoms with Gasteiger partial charge in [-0.3, -0.25) is 9.69 Å². The third-order valence-corrected chi connectivity index (χ3v) is 5.68. The quantitative estimate of drug-likeness (QED) is 0.735. The molecular weight excluding hydrogens is 366 g/mol. The molecule has 0 aliphatic carbocycles. The summed E-state index contributed by atoms with van der Waals surface area (Å²) < 4.78 is 0. The van der Waals surface area contributed by atoms with E-state index in [-0.39, 0.29) is 18.6 Å². The molecule has 1 saturated heterocycles. The molecule has 1 aliphatic heterocycles. The minimum atomic E-state index is -0.808. The number of nitrogens with one attached hydrogen (secondary N) is 1. The topological polar surface area (TPSA) is 72.9 Å². The molecule has 0 spiro atoms. The molecule has 0 atom stereocenters. The van der Waals surface area contributed by atoms with Crippen molar-refractivity contribution in [3.05, 3.63) is 28.3 Å². The van der Waals surface area contributed by atoms with Crippen LogP contribution < -0.4 is 5.32 Å². The maximum absolute atomic E-state index is 12.8. The van der Waals surface area contributed by atoms with Gasteiger partial charge in [-0.25, -0.2) is 4.79 Å². The first-order valence-corrected chi connectivity index (χ1v) is 10.1. The zero-order valence-electron chi connectivity index (χ0n) is 16.4. The van der Waals surface area contributed by atoms with Crippen LogP contribution in [0.15, 0.2) is 12.1 Å². The standard InChI is InChI=1S/C20H30ClN3O3/c1-4-14-7-8-17(21)16(5-2)19(14)22-20(27)24-11-9-15(10-12-24)23(6-3)13-18(25)26/h7-8,15H,4-6,9-13H2,1-3H3,(H,22,27)(H,25,26). The van der Waals surface area contributed by atoms with Crippen LogP contribution in [-0.4, -0.2) is 59.1 Å². The molecule has 1 heterocycles. The van der Waals surface area contributed by atoms with Gasteiger partial charge >= 0.3 is 12.0 Å². The van der Waals surface area contributed by atoms with Crippen molar-refractivity contribution in [1.82, 2.24) is 9.80 Å². The smallest absolute Gasteiger partial charge is 0.321 e. The fourth-order valence-electron chi connectivity index (χ4n) is 3.76. The molecule has 1 aromatic rings. The second-order valence-corrected chi connectivity index (χ2v) is 7.28. The number of aliphatic carboxylic acids is 1. The van der Waals surface area contributed by atoms with Crippen LogP contribution in [0.3, 0.4) is 0 Å². The van der Waals surface area contributed by atoms with Gasteiger partial charge in [0.1, 0.15) is 0 Å². The van der Waals surface area contributed by atoms with Gasteiger partial charge in [0.15, 0.2) is 0 Å². The molecule has 27 heavy (non-hydrogen) atoms. The second-order valence-electron chi connectivity index (χ2n) is 6.87. The number of halogens is 1. The Kier molecular flexibility index (Phi) is 7.92. The zero-order chi connectivity index (χ0) is 20.0. The Balaban J connectivity index is 2.03. The Morgan fingerprint density at radius 2 is 1.89 bits per heavy atom. The second kappa shape index (κ2) is 9.95. The lowest BCUT2D eigenvalue weighted by Gasteiger charge is -2.37. The monoisotopic (exact) mass is 395 g/mol. The largest absolute Gasteiger partial charge is 0.480 e. The number of carboxylic acid groups (broad SMARTS) is 1. The van der Waals surface area contributed by atoms with Crippen LogP contribution in [0.1, 0.15) is 44.7 Å². The highest BCUT2D eigenvalue weighted by molar-refractivity contribution is 6.32. The van der Waals surface area contributed by atoms with Gasteiger partial charge in [0.05, 0.1) is 12.2 Å². The summed E-state index contributed by atoms with van der Waals surface area (Å²) in [5.74, 6) is -0.808. The minimum Gasteiger partial charge on any atom is -0.480 e. The van der Waals surface area contributed by atoms with Crippen molar-refractivity contribution in [3.8, 4) is 0 Å². The number of hydrogen-bond acceptors (Lipinski definition) is 3. The fourth-order valence-corrected chi connectivity index (χ4v) is 4.05. The van der Waals surface area contributed by atoms with Crippen molar-refractivity contribution in [3.63, 3.8) is 0 Å². The van der Waals surface area contributed by atoms with Gasteiger partial charge in [-0.2, -0.15) is 0 Å². The van der Waals surface area contributed by atoms with Crippen LogP contribution in [0, 0.1) is 0 Å². The number of urea groups is 1. The van der Waals surface area contributed by atoms with Crippen molar-refractivity contribution in [2.75, 3.05) is 31.5 Å². The van der Waals surface area contributed by atoms with Crippen molar-refractivity contribution >= 4 is 29.3 Å². The number of hydrogen-bond donors (Lipinski definition) is 2. The molecule has 0 aromatic heterocycles. The van der Waals surface area contributed by atoms with E-state index in [2.05, 4.69) is 12.2 Å². The number of anilines is 1. The molecule has 1 aromatic carbocycles. The summed E-state index contributed by atoms with van der Waals surface area (Å²) in [4.78, 5) is 27.6. The van der Waals surface area contributed by atoms with Gasteiger partial charge in [-0.05, 0) is 49.4 Å². The normalized spacial score (nSPS) is 15.2. The number of benzene rings is 1. The highest BCUT2D eigenvalue weighted by atomic mass is 35.5. The first-order valence-electron chi connectivity index (χ1n) is 9.73. The van der Waals surface area contributed by atoms with Gasteiger partial charge in [0.25, 0.3) is 0 Å². The molecule has 0 unspecified atom stereocenters. The number of rotatable bonds is 7. The molecule has 0 radical (unpaired) electrons. The number of carbonyl (C=O) groups is 2. The molecule has 1 fully saturated rings. The van der Waals surface area contributed by atoms with Crippen LogP contribution in [-0.2, 0) is 17.6 Å². The molecule has 2 rings (SSSR count). The van der Waals surface area contributed by atoms with E-state index in [9.17, 15) is 9.59 Å². The van der Waals surface area contributed by atoms with E-state index in [0.29, 0.717) is 24.7 Å². The van der Waals surface area contributed by atoms with Crippen molar-refractivity contribution in [2.24, 2.45) is 0 Å². The van der Waals surface area contributed by atoms with Crippen molar-refractivity contribution in [1.29, 1.82) is 0 Å². The average Bonchev–Trinajstić information content (AvgIpc) is 2.66. The number of nitrogens with zero attached hydrogens (tertiary/aromatic N) is 2. The number of likely N-dealkylation sites (tertiary alicyclic amines) is 1. The Morgan fingerprint density at radius 1 is 1.22 bits per heavy atom. The van der Waals surface area contributed by atoms with E-state index in [0.717, 1.165) is 42.5 Å². The van der Waals surface area contributed by atoms with Gasteiger partial charge < -0.3 is 15.3 Å². The zero-order valence-corrected chi connectivity index (χ0v) is 17.2. The Hall–Kier alpha value is -1.79. The lowest BCUT2D eigenvalue weighted by molar-refractivity contribution is -0.139. The summed E-state index contributed by atoms with van der Waals surface area (Å²) in [5.41, 5.74) is 2.89. The van der Waals surface area contributed by atoms with E-state index >= 15 is 0 Å². The summed E-state index contributed by atoms with van der Waals surface area (Å²) in [6.07, 6.45) is 3.14. The fraction of sp³-hybridized carbons (Fsp3) is 0.600. The number of carboxylic acids is 1. The molecule has 0 saturated carbocycles. The lowest BCUT2D eigenvalue weighted by atomic mass is 10.0. The number of likely N-dealkylation sites (N-methyl/N-ethyl adjacent to an activating group) is 1. The van der Waals surface area contributed by atoms with Gasteiger partial charge in [-0.15, -0.1) is 0 Å². The van der Waals surface area contributed by atoms with Crippen LogP contribution in [0.5, 0.6) is 0 Å². The minimum absolute atomic E-state index is 0.0512. The van der Waals surface area contributed by atoms with E-state index in [1.54, 1.807) is 0 Å². The number of piperidine rings is 1. The number of carbonyl (C=O) groups excluding carboxylic acids is 1. The van der Waals surface area contributed by atoms with E-state index in [4.69, 9.17) is 16.7 Å². The SMILES string of the molecule is CCc1ccc(Cl)c(CC)c1NC(=O)N1CCC(N(CC)CC(=O)O)CC1. The van der Waals surface area contributed by atoms with Gasteiger partial charge in [0.2, 0.25) is 0 Å². The summed E-state index contributed by atoms with van der Waals surface area (Å²) >= 11 is 6.32. The Labute approximate surface area is 166 Å². The van der Waals surface area contributed by atoms with Crippen LogP contribution >= 0.6 is 11.6 Å². The predicted octanol–water partition coefficient (Wildman–Crippen LogP) is 3.87.